The average molecular weight is 348 g/mol. The molecule has 6 heteroatoms. The average Bonchev–Trinajstić information content (AvgIpc) is 3.18. The van der Waals surface area contributed by atoms with Crippen LogP contribution in [0.2, 0.25) is 0 Å². The normalized spacial score (nSPS) is 16.8. The van der Waals surface area contributed by atoms with Crippen molar-refractivity contribution >= 4 is 5.96 Å². The van der Waals surface area contributed by atoms with Gasteiger partial charge >= 0.3 is 0 Å². The van der Waals surface area contributed by atoms with Crippen molar-refractivity contribution in [3.8, 4) is 0 Å². The first-order valence-electron chi connectivity index (χ1n) is 9.15. The van der Waals surface area contributed by atoms with Crippen LogP contribution in [0.3, 0.4) is 0 Å². The second kappa shape index (κ2) is 11.8. The predicted octanol–water partition coefficient (Wildman–Crippen LogP) is 1.65. The van der Waals surface area contributed by atoms with Crippen LogP contribution < -0.4 is 10.6 Å². The number of guanidine groups is 1. The lowest BCUT2D eigenvalue weighted by atomic mass is 10.1. The number of methoxy groups -OCH3 is 1. The van der Waals surface area contributed by atoms with Crippen LogP contribution in [0.4, 0.5) is 0 Å². The summed E-state index contributed by atoms with van der Waals surface area (Å²) in [5.74, 6) is 0.815. The Labute approximate surface area is 151 Å². The lowest BCUT2D eigenvalue weighted by Crippen LogP contribution is -2.43. The summed E-state index contributed by atoms with van der Waals surface area (Å²) in [4.78, 5) is 6.87. The Morgan fingerprint density at radius 2 is 1.88 bits per heavy atom. The number of rotatable bonds is 10. The maximum Gasteiger partial charge on any atom is 0.191 e. The molecule has 140 valence electrons. The Morgan fingerprint density at radius 3 is 2.56 bits per heavy atom. The van der Waals surface area contributed by atoms with Crippen molar-refractivity contribution in [2.45, 2.75) is 18.9 Å². The van der Waals surface area contributed by atoms with Crippen LogP contribution in [-0.2, 0) is 9.47 Å². The molecule has 1 aliphatic rings. The van der Waals surface area contributed by atoms with E-state index in [-0.39, 0.29) is 0 Å². The van der Waals surface area contributed by atoms with Crippen LogP contribution in [0, 0.1) is 0 Å². The lowest BCUT2D eigenvalue weighted by Gasteiger charge is -2.29. The Hall–Kier alpha value is -1.63. The van der Waals surface area contributed by atoms with E-state index in [1.165, 1.54) is 31.5 Å². The molecule has 0 saturated carbocycles. The van der Waals surface area contributed by atoms with E-state index in [1.54, 1.807) is 14.2 Å². The van der Waals surface area contributed by atoms with E-state index in [1.807, 2.05) is 0 Å². The number of nitrogens with zero attached hydrogens (tertiary/aromatic N) is 2. The van der Waals surface area contributed by atoms with E-state index in [9.17, 15) is 0 Å². The molecule has 2 rings (SSSR count). The van der Waals surface area contributed by atoms with Crippen LogP contribution in [0.15, 0.2) is 35.3 Å². The van der Waals surface area contributed by atoms with Crippen molar-refractivity contribution in [3.63, 3.8) is 0 Å². The fraction of sp³-hybridized carbons (Fsp3) is 0.632. The fourth-order valence-electron chi connectivity index (χ4n) is 3.09. The van der Waals surface area contributed by atoms with Crippen molar-refractivity contribution in [3.05, 3.63) is 35.9 Å². The highest BCUT2D eigenvalue weighted by atomic mass is 16.5. The first-order chi connectivity index (χ1) is 12.3. The predicted molar refractivity (Wildman–Crippen MR) is 102 cm³/mol. The third kappa shape index (κ3) is 7.02. The Kier molecular flexibility index (Phi) is 9.33. The van der Waals surface area contributed by atoms with Crippen LogP contribution in [-0.4, -0.2) is 71.0 Å². The maximum atomic E-state index is 5.47. The zero-order chi connectivity index (χ0) is 17.7. The van der Waals surface area contributed by atoms with Gasteiger partial charge in [-0.05, 0) is 31.5 Å². The van der Waals surface area contributed by atoms with Gasteiger partial charge < -0.3 is 20.1 Å². The van der Waals surface area contributed by atoms with Crippen LogP contribution in [0.1, 0.15) is 24.4 Å². The summed E-state index contributed by atoms with van der Waals surface area (Å²) in [5.41, 5.74) is 1.36. The van der Waals surface area contributed by atoms with Crippen LogP contribution in [0.25, 0.3) is 0 Å². The van der Waals surface area contributed by atoms with Crippen molar-refractivity contribution < 1.29 is 9.47 Å². The van der Waals surface area contributed by atoms with Gasteiger partial charge in [-0.3, -0.25) is 9.89 Å². The smallest absolute Gasteiger partial charge is 0.191 e. The molecule has 1 fully saturated rings. The number of hydrogen-bond donors (Lipinski definition) is 2. The van der Waals surface area contributed by atoms with Crippen molar-refractivity contribution in [2.75, 3.05) is 60.2 Å². The molecule has 1 aliphatic heterocycles. The molecule has 1 saturated heterocycles. The number of hydrogen-bond acceptors (Lipinski definition) is 4. The van der Waals surface area contributed by atoms with Crippen LogP contribution in [0.5, 0.6) is 0 Å². The fourth-order valence-corrected chi connectivity index (χ4v) is 3.09. The molecule has 0 radical (unpaired) electrons. The molecule has 1 atom stereocenters. The van der Waals surface area contributed by atoms with Gasteiger partial charge in [0.1, 0.15) is 0 Å². The molecule has 1 heterocycles. The summed E-state index contributed by atoms with van der Waals surface area (Å²) in [6.45, 7) is 5.79. The molecule has 0 amide bonds. The molecule has 0 spiro atoms. The Morgan fingerprint density at radius 1 is 1.12 bits per heavy atom. The first-order valence-corrected chi connectivity index (χ1v) is 9.15. The Balaban J connectivity index is 1.80. The van der Waals surface area contributed by atoms with Gasteiger partial charge in [0, 0.05) is 27.2 Å². The molecule has 25 heavy (non-hydrogen) atoms. The molecular weight excluding hydrogens is 316 g/mol. The zero-order valence-corrected chi connectivity index (χ0v) is 15.5. The molecule has 0 bridgehead atoms. The highest BCUT2D eigenvalue weighted by molar-refractivity contribution is 5.79. The molecule has 1 unspecified atom stereocenters. The minimum absolute atomic E-state index is 0.375. The largest absolute Gasteiger partial charge is 0.382 e. The summed E-state index contributed by atoms with van der Waals surface area (Å²) < 4.78 is 10.4. The van der Waals surface area contributed by atoms with Gasteiger partial charge in [0.15, 0.2) is 5.96 Å². The number of ether oxygens (including phenoxy) is 2. The standard InChI is InChI=1S/C19H32N4O2/c1-20-19(21-10-13-25-15-14-24-2)22-16-18(23-11-6-7-12-23)17-8-4-3-5-9-17/h3-5,8-9,18H,6-7,10-16H2,1-2H3,(H2,20,21,22). The van der Waals surface area contributed by atoms with E-state index < -0.39 is 0 Å². The topological polar surface area (TPSA) is 58.1 Å². The van der Waals surface area contributed by atoms with E-state index >= 15 is 0 Å². The molecule has 0 aromatic heterocycles. The second-order valence-electron chi connectivity index (χ2n) is 6.15. The third-order valence-electron chi connectivity index (χ3n) is 4.42. The van der Waals surface area contributed by atoms with E-state index in [0.29, 0.717) is 25.9 Å². The second-order valence-corrected chi connectivity index (χ2v) is 6.15. The van der Waals surface area contributed by atoms with Gasteiger partial charge in [-0.25, -0.2) is 0 Å². The van der Waals surface area contributed by atoms with Crippen molar-refractivity contribution in [2.24, 2.45) is 4.99 Å². The number of nitrogens with one attached hydrogen (secondary N) is 2. The lowest BCUT2D eigenvalue weighted by molar-refractivity contribution is 0.0733. The van der Waals surface area contributed by atoms with Gasteiger partial charge in [0.25, 0.3) is 0 Å². The van der Waals surface area contributed by atoms with Crippen molar-refractivity contribution in [1.29, 1.82) is 0 Å². The minimum Gasteiger partial charge on any atom is -0.382 e. The number of aliphatic imine (C=N–C) groups is 1. The van der Waals surface area contributed by atoms with Gasteiger partial charge in [-0.1, -0.05) is 30.3 Å². The third-order valence-corrected chi connectivity index (χ3v) is 4.42. The quantitative estimate of drug-likeness (QED) is 0.383. The number of benzene rings is 1. The van der Waals surface area contributed by atoms with E-state index in [0.717, 1.165) is 19.0 Å². The van der Waals surface area contributed by atoms with Crippen molar-refractivity contribution in [1.82, 2.24) is 15.5 Å². The van der Waals surface area contributed by atoms with Gasteiger partial charge in [0.2, 0.25) is 0 Å². The summed E-state index contributed by atoms with van der Waals surface area (Å²) in [5, 5.41) is 6.76. The first kappa shape index (κ1) is 19.7. The SMILES string of the molecule is CN=C(NCCOCCOC)NCC(c1ccccc1)N1CCCC1. The molecule has 1 aromatic carbocycles. The molecular formula is C19H32N4O2. The highest BCUT2D eigenvalue weighted by Gasteiger charge is 2.23. The molecule has 0 aliphatic carbocycles. The van der Waals surface area contributed by atoms with E-state index in [4.69, 9.17) is 9.47 Å². The molecule has 1 aromatic rings. The molecule has 2 N–H and O–H groups in total. The monoisotopic (exact) mass is 348 g/mol. The highest BCUT2D eigenvalue weighted by Crippen LogP contribution is 2.24. The molecule has 6 nitrogen and oxygen atoms in total. The minimum atomic E-state index is 0.375. The van der Waals surface area contributed by atoms with Gasteiger partial charge in [0.05, 0.1) is 25.9 Å². The summed E-state index contributed by atoms with van der Waals surface area (Å²) in [7, 11) is 3.48. The summed E-state index contributed by atoms with van der Waals surface area (Å²) in [6, 6.07) is 11.1. The van der Waals surface area contributed by atoms with Gasteiger partial charge in [-0.2, -0.15) is 0 Å². The zero-order valence-electron chi connectivity index (χ0n) is 15.5. The maximum absolute atomic E-state index is 5.47. The van der Waals surface area contributed by atoms with Crippen LogP contribution >= 0.6 is 0 Å². The number of likely N-dealkylation sites (tertiary alicyclic amines) is 1. The van der Waals surface area contributed by atoms with Gasteiger partial charge in [-0.15, -0.1) is 0 Å². The summed E-state index contributed by atoms with van der Waals surface area (Å²) in [6.07, 6.45) is 2.57. The Bertz CT molecular complexity index is 489. The summed E-state index contributed by atoms with van der Waals surface area (Å²) >= 11 is 0. The van der Waals surface area contributed by atoms with E-state index in [2.05, 4.69) is 50.9 Å².